The molecule has 1 fully saturated rings. The number of allylic oxidation sites excluding steroid dienone is 2. The Balaban J connectivity index is 1.51. The van der Waals surface area contributed by atoms with E-state index in [4.69, 9.17) is 9.83 Å². The Morgan fingerprint density at radius 1 is 1.17 bits per heavy atom. The topological polar surface area (TPSA) is 98.8 Å². The standard InChI is InChI=1S/C30H28F4N4O3/c1-18(3-9-26(35)36-2)4-10-27(39)37-16-24-14-22-13-21(15-25(28(22)41-24)30(32,33)34)19-5-7-20(8-6-19)29(40)38-12-11-23(31)17-38/h3-8,10,13-15,23,35H,2,9,11-12,16-17H2,1H3,(H,37,39)/b10-4+,18-3?,35-26?. The number of nitrogens with one attached hydrogen (secondary N) is 2. The number of amidine groups is 1. The summed E-state index contributed by atoms with van der Waals surface area (Å²) in [5.41, 5.74) is 0.474. The number of fused-ring (bicyclic) bond motifs is 1. The molecular weight excluding hydrogens is 540 g/mol. The minimum atomic E-state index is -4.70. The van der Waals surface area contributed by atoms with Crippen molar-refractivity contribution in [2.75, 3.05) is 13.1 Å². The highest BCUT2D eigenvalue weighted by Crippen LogP contribution is 2.39. The van der Waals surface area contributed by atoms with Crippen LogP contribution in [0.3, 0.4) is 0 Å². The van der Waals surface area contributed by atoms with E-state index in [1.54, 1.807) is 37.3 Å². The molecule has 1 saturated heterocycles. The van der Waals surface area contributed by atoms with Gasteiger partial charge in [0, 0.05) is 30.0 Å². The second kappa shape index (κ2) is 12.3. The Bertz CT molecular complexity index is 1540. The summed E-state index contributed by atoms with van der Waals surface area (Å²) >= 11 is 0. The van der Waals surface area contributed by atoms with Crippen LogP contribution in [0.4, 0.5) is 17.6 Å². The van der Waals surface area contributed by atoms with Crippen LogP contribution < -0.4 is 5.32 Å². The van der Waals surface area contributed by atoms with Crippen LogP contribution in [-0.4, -0.2) is 48.5 Å². The lowest BCUT2D eigenvalue weighted by molar-refractivity contribution is -0.136. The summed E-state index contributed by atoms with van der Waals surface area (Å²) in [6.45, 7) is 5.23. The normalized spacial score (nSPS) is 16.0. The smallest absolute Gasteiger partial charge is 0.420 e. The highest BCUT2D eigenvalue weighted by atomic mass is 19.4. The maximum atomic E-state index is 14.0. The lowest BCUT2D eigenvalue weighted by Crippen LogP contribution is -2.28. The van der Waals surface area contributed by atoms with Gasteiger partial charge in [0.25, 0.3) is 5.91 Å². The molecule has 7 nitrogen and oxygen atoms in total. The van der Waals surface area contributed by atoms with E-state index in [-0.39, 0.29) is 60.0 Å². The third-order valence-electron chi connectivity index (χ3n) is 6.60. The van der Waals surface area contributed by atoms with E-state index in [9.17, 15) is 27.2 Å². The van der Waals surface area contributed by atoms with Gasteiger partial charge in [-0.05, 0) is 61.5 Å². The fourth-order valence-corrected chi connectivity index (χ4v) is 4.39. The lowest BCUT2D eigenvalue weighted by atomic mass is 9.99. The van der Waals surface area contributed by atoms with Gasteiger partial charge in [0.05, 0.1) is 18.7 Å². The molecule has 2 amide bonds. The van der Waals surface area contributed by atoms with Crippen LogP contribution in [0.2, 0.25) is 0 Å². The van der Waals surface area contributed by atoms with Crippen molar-refractivity contribution in [2.45, 2.75) is 38.7 Å². The predicted molar refractivity (Wildman–Crippen MR) is 149 cm³/mol. The van der Waals surface area contributed by atoms with Crippen molar-refractivity contribution in [1.82, 2.24) is 10.2 Å². The third-order valence-corrected chi connectivity index (χ3v) is 6.60. The van der Waals surface area contributed by atoms with Crippen molar-refractivity contribution in [3.63, 3.8) is 0 Å². The van der Waals surface area contributed by atoms with Gasteiger partial charge in [-0.25, -0.2) is 9.38 Å². The van der Waals surface area contributed by atoms with E-state index < -0.39 is 23.8 Å². The van der Waals surface area contributed by atoms with Gasteiger partial charge in [-0.3, -0.25) is 15.0 Å². The summed E-state index contributed by atoms with van der Waals surface area (Å²) in [5.74, 6) is -0.566. The number of hydrogen-bond donors (Lipinski definition) is 2. The molecule has 0 bridgehead atoms. The molecule has 4 rings (SSSR count). The molecule has 0 spiro atoms. The number of rotatable bonds is 8. The molecule has 3 aromatic rings. The zero-order valence-corrected chi connectivity index (χ0v) is 22.2. The molecule has 1 atom stereocenters. The number of benzene rings is 2. The second-order valence-electron chi connectivity index (χ2n) is 9.68. The number of carbonyl (C=O) groups excluding carboxylic acids is 2. The molecule has 1 aliphatic heterocycles. The molecule has 0 aliphatic carbocycles. The quantitative estimate of drug-likeness (QED) is 0.107. The number of aliphatic imine (C=N–C) groups is 1. The predicted octanol–water partition coefficient (Wildman–Crippen LogP) is 6.49. The fraction of sp³-hybridized carbons (Fsp3) is 0.267. The van der Waals surface area contributed by atoms with E-state index in [0.29, 0.717) is 17.7 Å². The molecule has 214 valence electrons. The van der Waals surface area contributed by atoms with Gasteiger partial charge in [0.15, 0.2) is 0 Å². The largest absolute Gasteiger partial charge is 0.459 e. The number of carbonyl (C=O) groups is 2. The van der Waals surface area contributed by atoms with Crippen LogP contribution >= 0.6 is 0 Å². The Labute approximate surface area is 233 Å². The van der Waals surface area contributed by atoms with Crippen molar-refractivity contribution >= 4 is 35.3 Å². The first-order valence-electron chi connectivity index (χ1n) is 12.8. The summed E-state index contributed by atoms with van der Waals surface area (Å²) in [6.07, 6.45) is -0.681. The Morgan fingerprint density at radius 2 is 1.90 bits per heavy atom. The molecule has 2 aromatic carbocycles. The highest BCUT2D eigenvalue weighted by Gasteiger charge is 2.35. The molecule has 2 heterocycles. The van der Waals surface area contributed by atoms with Gasteiger partial charge in [-0.1, -0.05) is 29.9 Å². The summed E-state index contributed by atoms with van der Waals surface area (Å²) in [7, 11) is 0. The van der Waals surface area contributed by atoms with Gasteiger partial charge in [0.1, 0.15) is 23.4 Å². The number of likely N-dealkylation sites (tertiary alicyclic amines) is 1. The van der Waals surface area contributed by atoms with Crippen LogP contribution in [-0.2, 0) is 17.5 Å². The maximum absolute atomic E-state index is 14.0. The van der Waals surface area contributed by atoms with Crippen molar-refractivity contribution in [3.8, 4) is 11.1 Å². The van der Waals surface area contributed by atoms with Crippen LogP contribution in [0.1, 0.15) is 41.4 Å². The van der Waals surface area contributed by atoms with E-state index in [1.165, 1.54) is 29.2 Å². The van der Waals surface area contributed by atoms with Crippen LogP contribution in [0.25, 0.3) is 22.1 Å². The number of hydrogen-bond acceptors (Lipinski definition) is 4. The molecule has 1 aliphatic rings. The Hall–Kier alpha value is -4.54. The average molecular weight is 569 g/mol. The van der Waals surface area contributed by atoms with Gasteiger partial charge >= 0.3 is 6.18 Å². The number of amides is 2. The number of halogens is 4. The van der Waals surface area contributed by atoms with Crippen LogP contribution in [0, 0.1) is 5.41 Å². The summed E-state index contributed by atoms with van der Waals surface area (Å²) < 4.78 is 60.9. The average Bonchev–Trinajstić information content (AvgIpc) is 3.57. The van der Waals surface area contributed by atoms with E-state index in [0.717, 1.165) is 11.6 Å². The molecule has 1 aromatic heterocycles. The molecule has 0 saturated carbocycles. The van der Waals surface area contributed by atoms with Crippen molar-refractivity contribution in [1.29, 1.82) is 5.41 Å². The number of furan rings is 1. The molecular formula is C30H28F4N4O3. The first kappa shape index (κ1) is 29.4. The zero-order chi connectivity index (χ0) is 29.7. The van der Waals surface area contributed by atoms with Gasteiger partial charge in [0.2, 0.25) is 5.91 Å². The zero-order valence-electron chi connectivity index (χ0n) is 22.2. The van der Waals surface area contributed by atoms with Crippen molar-refractivity contribution in [3.05, 3.63) is 83.2 Å². The van der Waals surface area contributed by atoms with Crippen molar-refractivity contribution in [2.24, 2.45) is 4.99 Å². The van der Waals surface area contributed by atoms with Crippen LogP contribution in [0.15, 0.2) is 75.7 Å². The number of alkyl halides is 4. The van der Waals surface area contributed by atoms with Gasteiger partial charge in [-0.15, -0.1) is 0 Å². The van der Waals surface area contributed by atoms with Crippen LogP contribution in [0.5, 0.6) is 0 Å². The van der Waals surface area contributed by atoms with Crippen molar-refractivity contribution < 1.29 is 31.6 Å². The van der Waals surface area contributed by atoms with Gasteiger partial charge < -0.3 is 14.6 Å². The summed E-state index contributed by atoms with van der Waals surface area (Å²) in [6, 6.07) is 10.1. The second-order valence-corrected chi connectivity index (χ2v) is 9.68. The minimum absolute atomic E-state index is 0.0306. The lowest BCUT2D eigenvalue weighted by Gasteiger charge is -2.15. The fourth-order valence-electron chi connectivity index (χ4n) is 4.39. The summed E-state index contributed by atoms with van der Waals surface area (Å²) in [5, 5.41) is 10.2. The minimum Gasteiger partial charge on any atom is -0.459 e. The molecule has 2 N–H and O–H groups in total. The van der Waals surface area contributed by atoms with E-state index in [1.807, 2.05) is 0 Å². The molecule has 11 heteroatoms. The molecule has 41 heavy (non-hydrogen) atoms. The Morgan fingerprint density at radius 3 is 2.54 bits per heavy atom. The van der Waals surface area contributed by atoms with Gasteiger partial charge in [-0.2, -0.15) is 13.2 Å². The highest BCUT2D eigenvalue weighted by molar-refractivity contribution is 5.95. The molecule has 1 unspecified atom stereocenters. The Kier molecular flexibility index (Phi) is 8.85. The first-order chi connectivity index (χ1) is 19.4. The van der Waals surface area contributed by atoms with E-state index >= 15 is 0 Å². The molecule has 0 radical (unpaired) electrons. The van der Waals surface area contributed by atoms with E-state index in [2.05, 4.69) is 17.0 Å². The summed E-state index contributed by atoms with van der Waals surface area (Å²) in [4.78, 5) is 29.7. The maximum Gasteiger partial charge on any atom is 0.420 e. The SMILES string of the molecule is C=NC(=N)CC=C(C)/C=C/C(=O)NCc1cc2cc(-c3ccc(C(=O)N4CCC(F)C4)cc3)cc(C(F)(F)F)c2o1. The number of nitrogens with zero attached hydrogens (tertiary/aromatic N) is 2. The first-order valence-corrected chi connectivity index (χ1v) is 12.8. The monoisotopic (exact) mass is 568 g/mol. The third kappa shape index (κ3) is 7.36.